The number of benzene rings is 2. The summed E-state index contributed by atoms with van der Waals surface area (Å²) in [6, 6.07) is 13.6. The smallest absolute Gasteiger partial charge is 0.182 e. The van der Waals surface area contributed by atoms with Crippen LogP contribution in [0.1, 0.15) is 5.56 Å². The number of nitriles is 1. The first-order chi connectivity index (χ1) is 11.5. The van der Waals surface area contributed by atoms with Gasteiger partial charge in [-0.25, -0.2) is 0 Å². The van der Waals surface area contributed by atoms with E-state index in [1.54, 1.807) is 41.1 Å². The zero-order chi connectivity index (χ0) is 17.3. The Morgan fingerprint density at radius 1 is 1.38 bits per heavy atom. The molecule has 0 aliphatic carbocycles. The van der Waals surface area contributed by atoms with Gasteiger partial charge in [0.2, 0.25) is 0 Å². The summed E-state index contributed by atoms with van der Waals surface area (Å²) in [5, 5.41) is 29.9. The summed E-state index contributed by atoms with van der Waals surface area (Å²) < 4.78 is 1.92. The van der Waals surface area contributed by atoms with Gasteiger partial charge < -0.3 is 15.4 Å². The third kappa shape index (κ3) is 3.04. The van der Waals surface area contributed by atoms with Crippen LogP contribution in [-0.4, -0.2) is 14.8 Å². The minimum atomic E-state index is -0.230. The fraction of sp³-hybridized carbons (Fsp3) is 0. The molecule has 120 valence electrons. The number of nitrogens with one attached hydrogen (secondary N) is 1. The van der Waals surface area contributed by atoms with Crippen molar-refractivity contribution < 1.29 is 5.21 Å². The van der Waals surface area contributed by atoms with Crippen LogP contribution in [0.5, 0.6) is 0 Å². The van der Waals surface area contributed by atoms with Crippen LogP contribution in [0, 0.1) is 21.3 Å². The molecule has 1 aromatic heterocycles. The Bertz CT molecular complexity index is 1050. The fourth-order valence-corrected chi connectivity index (χ4v) is 2.76. The van der Waals surface area contributed by atoms with Gasteiger partial charge in [0.05, 0.1) is 22.3 Å². The third-order valence-electron chi connectivity index (χ3n) is 3.44. The molecule has 0 radical (unpaired) electrons. The summed E-state index contributed by atoms with van der Waals surface area (Å²) >= 11 is 11.2. The summed E-state index contributed by atoms with van der Waals surface area (Å²) in [5.41, 5.74) is 2.28. The lowest BCUT2D eigenvalue weighted by Crippen LogP contribution is -2.06. The van der Waals surface area contributed by atoms with Gasteiger partial charge in [-0.15, -0.1) is 0 Å². The second kappa shape index (κ2) is 6.47. The highest BCUT2D eigenvalue weighted by atomic mass is 35.5. The first-order valence-corrected chi connectivity index (χ1v) is 7.56. The highest BCUT2D eigenvalue weighted by molar-refractivity contribution is 7.71. The number of hydrogen-bond donors (Lipinski definition) is 2. The second-order valence-electron chi connectivity index (χ2n) is 4.94. The Morgan fingerprint density at radius 3 is 2.83 bits per heavy atom. The topological polar surface area (TPSA) is 91.0 Å². The zero-order valence-electron chi connectivity index (χ0n) is 12.1. The molecule has 2 aromatic carbocycles. The summed E-state index contributed by atoms with van der Waals surface area (Å²) in [5.74, 6) is 0. The van der Waals surface area contributed by atoms with Crippen molar-refractivity contribution in [2.24, 2.45) is 0 Å². The van der Waals surface area contributed by atoms with Crippen molar-refractivity contribution in [1.82, 2.24) is 9.55 Å². The van der Waals surface area contributed by atoms with Crippen LogP contribution < -0.4 is 5.23 Å². The van der Waals surface area contributed by atoms with Crippen molar-refractivity contribution in [1.29, 1.82) is 5.26 Å². The molecule has 0 aliphatic rings. The van der Waals surface area contributed by atoms with Crippen LogP contribution in [0.3, 0.4) is 0 Å². The molecule has 0 bridgehead atoms. The lowest BCUT2D eigenvalue weighted by molar-refractivity contribution is 0.296. The van der Waals surface area contributed by atoms with Crippen molar-refractivity contribution in [2.45, 2.75) is 0 Å². The Morgan fingerprint density at radius 2 is 2.17 bits per heavy atom. The molecule has 24 heavy (non-hydrogen) atoms. The van der Waals surface area contributed by atoms with Crippen LogP contribution >= 0.6 is 23.8 Å². The molecule has 6 nitrogen and oxygen atoms in total. The minimum absolute atomic E-state index is 0.0555. The number of H-pyrrole nitrogens is 1. The molecule has 1 heterocycles. The molecule has 0 fully saturated rings. The minimum Gasteiger partial charge on any atom is -0.733 e. The Kier molecular flexibility index (Phi) is 4.38. The second-order valence-corrected chi connectivity index (χ2v) is 5.76. The third-order valence-corrected chi connectivity index (χ3v) is 3.97. The maximum atomic E-state index is 11.1. The lowest BCUT2D eigenvalue weighted by Gasteiger charge is -2.21. The van der Waals surface area contributed by atoms with Gasteiger partial charge in [0, 0.05) is 11.2 Å². The standard InChI is InChI=1S/C16H10ClN4O2S/c17-12-3-1-2-10(6-12)11(8-18)9-20-15-7-13(21(22)23)4-5-14(15)19-16(20)24/h1-7,9,22H,(H,19,24)/q-1/b11-9+. The van der Waals surface area contributed by atoms with E-state index >= 15 is 0 Å². The van der Waals surface area contributed by atoms with E-state index in [9.17, 15) is 10.5 Å². The van der Waals surface area contributed by atoms with Crippen LogP contribution in [0.4, 0.5) is 5.69 Å². The van der Waals surface area contributed by atoms with Gasteiger partial charge in [0.15, 0.2) is 4.77 Å². The summed E-state index contributed by atoms with van der Waals surface area (Å²) in [4.78, 5) is 2.98. The molecule has 0 spiro atoms. The predicted octanol–water partition coefficient (Wildman–Crippen LogP) is 4.57. The van der Waals surface area contributed by atoms with Crippen molar-refractivity contribution in [3.8, 4) is 6.07 Å². The van der Waals surface area contributed by atoms with Crippen LogP contribution in [0.2, 0.25) is 5.02 Å². The maximum absolute atomic E-state index is 11.1. The van der Waals surface area contributed by atoms with E-state index in [2.05, 4.69) is 11.1 Å². The number of imidazole rings is 1. The molecule has 8 heteroatoms. The molecule has 0 aliphatic heterocycles. The number of aromatic nitrogens is 2. The van der Waals surface area contributed by atoms with E-state index in [0.717, 1.165) is 0 Å². The van der Waals surface area contributed by atoms with Crippen molar-refractivity contribution >= 4 is 52.3 Å². The monoisotopic (exact) mass is 357 g/mol. The molecule has 3 aromatic rings. The molecular formula is C16H10ClN4O2S-. The SMILES string of the molecule is N#C/C(=C\n1c(=S)[nH]c2ccc(N([O-])O)cc21)c1cccc(Cl)c1. The molecule has 0 saturated heterocycles. The lowest BCUT2D eigenvalue weighted by atomic mass is 10.1. The molecule has 0 saturated carbocycles. The summed E-state index contributed by atoms with van der Waals surface area (Å²) in [6.07, 6.45) is 1.56. The average Bonchev–Trinajstić information content (AvgIpc) is 2.87. The van der Waals surface area contributed by atoms with Crippen LogP contribution in [-0.2, 0) is 0 Å². The van der Waals surface area contributed by atoms with E-state index in [0.29, 0.717) is 32.0 Å². The molecule has 0 atom stereocenters. The van der Waals surface area contributed by atoms with E-state index in [-0.39, 0.29) is 10.9 Å². The summed E-state index contributed by atoms with van der Waals surface area (Å²) in [6.45, 7) is 0. The van der Waals surface area contributed by atoms with Gasteiger partial charge in [-0.1, -0.05) is 23.7 Å². The molecular weight excluding hydrogens is 348 g/mol. The zero-order valence-corrected chi connectivity index (χ0v) is 13.7. The van der Waals surface area contributed by atoms with Crippen LogP contribution in [0.25, 0.3) is 22.8 Å². The number of halogens is 1. The number of allylic oxidation sites excluding steroid dienone is 1. The quantitative estimate of drug-likeness (QED) is 0.407. The van der Waals surface area contributed by atoms with Gasteiger partial charge in [-0.05, 0) is 48.1 Å². The number of rotatable bonds is 3. The van der Waals surface area contributed by atoms with E-state index in [1.165, 1.54) is 12.1 Å². The van der Waals surface area contributed by atoms with E-state index in [4.69, 9.17) is 29.0 Å². The average molecular weight is 358 g/mol. The molecule has 2 N–H and O–H groups in total. The van der Waals surface area contributed by atoms with Gasteiger partial charge in [0.25, 0.3) is 0 Å². The van der Waals surface area contributed by atoms with Crippen molar-refractivity contribution in [3.05, 3.63) is 63.0 Å². The summed E-state index contributed by atoms with van der Waals surface area (Å²) in [7, 11) is 0. The number of nitrogens with zero attached hydrogens (tertiary/aromatic N) is 3. The van der Waals surface area contributed by atoms with Gasteiger partial charge >= 0.3 is 0 Å². The number of aromatic amines is 1. The van der Waals surface area contributed by atoms with Gasteiger partial charge in [-0.3, -0.25) is 9.77 Å². The van der Waals surface area contributed by atoms with Crippen molar-refractivity contribution in [2.75, 3.05) is 5.23 Å². The fourth-order valence-electron chi connectivity index (χ4n) is 2.31. The molecule has 0 amide bonds. The Labute approximate surface area is 147 Å². The van der Waals surface area contributed by atoms with Gasteiger partial charge in [0.1, 0.15) is 6.07 Å². The molecule has 0 unspecified atom stereocenters. The van der Waals surface area contributed by atoms with Gasteiger partial charge in [-0.2, -0.15) is 5.26 Å². The van der Waals surface area contributed by atoms with E-state index in [1.807, 2.05) is 0 Å². The van der Waals surface area contributed by atoms with Crippen LogP contribution in [0.15, 0.2) is 42.5 Å². The highest BCUT2D eigenvalue weighted by Crippen LogP contribution is 2.24. The number of hydrogen-bond acceptors (Lipinski definition) is 5. The molecule has 3 rings (SSSR count). The maximum Gasteiger partial charge on any atom is 0.182 e. The highest BCUT2D eigenvalue weighted by Gasteiger charge is 2.07. The number of fused-ring (bicyclic) bond motifs is 1. The normalized spacial score (nSPS) is 11.5. The largest absolute Gasteiger partial charge is 0.733 e. The predicted molar refractivity (Wildman–Crippen MR) is 96.0 cm³/mol. The number of anilines is 1. The van der Waals surface area contributed by atoms with Crippen molar-refractivity contribution in [3.63, 3.8) is 0 Å². The van der Waals surface area contributed by atoms with E-state index < -0.39 is 0 Å². The first kappa shape index (κ1) is 16.2. The first-order valence-electron chi connectivity index (χ1n) is 6.78. The Balaban J connectivity index is 2.21. The Hall–Kier alpha value is -2.63.